The molecule has 20 heavy (non-hydrogen) atoms. The Hall–Kier alpha value is -2.34. The molecule has 2 N–H and O–H groups in total. The van der Waals surface area contributed by atoms with E-state index in [-0.39, 0.29) is 0 Å². The van der Waals surface area contributed by atoms with Crippen molar-refractivity contribution in [1.29, 1.82) is 0 Å². The van der Waals surface area contributed by atoms with Gasteiger partial charge in [-0.3, -0.25) is 9.82 Å². The molecule has 0 radical (unpaired) electrons. The van der Waals surface area contributed by atoms with Crippen molar-refractivity contribution in [3.8, 4) is 11.3 Å². The van der Waals surface area contributed by atoms with Crippen molar-refractivity contribution in [2.24, 2.45) is 0 Å². The fraction of sp³-hybridized carbons (Fsp3) is 0.0714. The van der Waals surface area contributed by atoms with E-state index in [1.165, 1.54) is 0 Å². The van der Waals surface area contributed by atoms with E-state index in [0.29, 0.717) is 5.69 Å². The maximum atomic E-state index is 11.2. The van der Waals surface area contributed by atoms with Crippen molar-refractivity contribution in [1.82, 2.24) is 10.2 Å². The highest BCUT2D eigenvalue weighted by Gasteiger charge is 2.09. The molecule has 0 aliphatic rings. The molecule has 0 saturated carbocycles. The number of hydrogen-bond acceptors (Lipinski definition) is 3. The Balaban J connectivity index is 2.07. The van der Waals surface area contributed by atoms with Crippen LogP contribution in [0.25, 0.3) is 22.2 Å². The molecule has 1 heterocycles. The highest BCUT2D eigenvalue weighted by molar-refractivity contribution is 7.92. The summed E-state index contributed by atoms with van der Waals surface area (Å²) in [6.45, 7) is 0. The van der Waals surface area contributed by atoms with Crippen LogP contribution in [-0.4, -0.2) is 24.9 Å². The minimum absolute atomic E-state index is 0.517. The molecule has 6 heteroatoms. The molecule has 0 saturated heterocycles. The van der Waals surface area contributed by atoms with Crippen LogP contribution in [0.3, 0.4) is 0 Å². The Kier molecular flexibility index (Phi) is 2.94. The number of aromatic nitrogens is 2. The average molecular weight is 287 g/mol. The Morgan fingerprint density at radius 1 is 1.10 bits per heavy atom. The normalized spacial score (nSPS) is 11.7. The van der Waals surface area contributed by atoms with Crippen LogP contribution < -0.4 is 4.72 Å². The van der Waals surface area contributed by atoms with Gasteiger partial charge in [0, 0.05) is 10.9 Å². The molecule has 3 aromatic rings. The van der Waals surface area contributed by atoms with Crippen LogP contribution in [0, 0.1) is 0 Å². The maximum absolute atomic E-state index is 11.2. The minimum Gasteiger partial charge on any atom is -0.284 e. The minimum atomic E-state index is -3.28. The fourth-order valence-electron chi connectivity index (χ4n) is 2.11. The summed E-state index contributed by atoms with van der Waals surface area (Å²) >= 11 is 0. The zero-order chi connectivity index (χ0) is 14.2. The number of anilines is 1. The molecular formula is C14H13N3O2S. The smallest absolute Gasteiger partial charge is 0.229 e. The predicted molar refractivity (Wildman–Crippen MR) is 80.0 cm³/mol. The zero-order valence-corrected chi connectivity index (χ0v) is 11.6. The number of H-pyrrole nitrogens is 1. The second kappa shape index (κ2) is 4.64. The van der Waals surface area contributed by atoms with Crippen LogP contribution in [0.15, 0.2) is 48.5 Å². The summed E-state index contributed by atoms with van der Waals surface area (Å²) in [6, 6.07) is 15.1. The van der Waals surface area contributed by atoms with Gasteiger partial charge in [-0.15, -0.1) is 0 Å². The highest BCUT2D eigenvalue weighted by Crippen LogP contribution is 2.27. The largest absolute Gasteiger partial charge is 0.284 e. The van der Waals surface area contributed by atoms with Crippen LogP contribution in [0.2, 0.25) is 0 Å². The molecule has 3 rings (SSSR count). The monoisotopic (exact) mass is 287 g/mol. The van der Waals surface area contributed by atoms with E-state index in [1.54, 1.807) is 12.1 Å². The first-order valence-corrected chi connectivity index (χ1v) is 7.93. The number of hydrogen-bond donors (Lipinski definition) is 2. The molecule has 0 unspecified atom stereocenters. The van der Waals surface area contributed by atoms with Gasteiger partial charge in [-0.25, -0.2) is 8.42 Å². The number of rotatable bonds is 3. The van der Waals surface area contributed by atoms with Gasteiger partial charge >= 0.3 is 0 Å². The van der Waals surface area contributed by atoms with Crippen LogP contribution in [0.4, 0.5) is 5.69 Å². The summed E-state index contributed by atoms with van der Waals surface area (Å²) in [4.78, 5) is 0. The predicted octanol–water partition coefficient (Wildman–Crippen LogP) is 2.60. The van der Waals surface area contributed by atoms with Gasteiger partial charge in [0.05, 0.1) is 23.2 Å². The van der Waals surface area contributed by atoms with Crippen LogP contribution in [0.5, 0.6) is 0 Å². The second-order valence-corrected chi connectivity index (χ2v) is 6.32. The number of aromatic amines is 1. The molecule has 102 valence electrons. The van der Waals surface area contributed by atoms with Gasteiger partial charge in [0.25, 0.3) is 0 Å². The van der Waals surface area contributed by atoms with Gasteiger partial charge in [0.1, 0.15) is 0 Å². The lowest BCUT2D eigenvalue weighted by Gasteiger charge is -2.03. The Labute approximate surface area is 116 Å². The number of fused-ring (bicyclic) bond motifs is 1. The fourth-order valence-corrected chi connectivity index (χ4v) is 2.67. The Bertz CT molecular complexity index is 855. The van der Waals surface area contributed by atoms with Gasteiger partial charge in [-0.2, -0.15) is 5.10 Å². The summed E-state index contributed by atoms with van der Waals surface area (Å²) in [6.07, 6.45) is 1.12. The third kappa shape index (κ3) is 2.50. The standard InChI is InChI=1S/C14H13N3O2S/c1-20(18,19)17-11-7-8-12-13(9-11)15-16-14(12)10-5-3-2-4-6-10/h2-9,17H,1H3,(H,15,16). The number of benzene rings is 2. The lowest BCUT2D eigenvalue weighted by Crippen LogP contribution is -2.09. The zero-order valence-electron chi connectivity index (χ0n) is 10.8. The van der Waals surface area contributed by atoms with Crippen molar-refractivity contribution in [2.75, 3.05) is 11.0 Å². The van der Waals surface area contributed by atoms with E-state index < -0.39 is 10.0 Å². The van der Waals surface area contributed by atoms with Gasteiger partial charge < -0.3 is 0 Å². The van der Waals surface area contributed by atoms with E-state index in [2.05, 4.69) is 14.9 Å². The van der Waals surface area contributed by atoms with E-state index in [9.17, 15) is 8.42 Å². The molecule has 0 spiro atoms. The van der Waals surface area contributed by atoms with Gasteiger partial charge in [-0.05, 0) is 18.2 Å². The lowest BCUT2D eigenvalue weighted by molar-refractivity contribution is 0.607. The molecule has 0 atom stereocenters. The van der Waals surface area contributed by atoms with Crippen LogP contribution in [-0.2, 0) is 10.0 Å². The first-order valence-electron chi connectivity index (χ1n) is 6.04. The molecule has 0 aliphatic carbocycles. The molecule has 0 bridgehead atoms. The van der Waals surface area contributed by atoms with Crippen molar-refractivity contribution < 1.29 is 8.42 Å². The molecular weight excluding hydrogens is 274 g/mol. The quantitative estimate of drug-likeness (QED) is 0.777. The second-order valence-electron chi connectivity index (χ2n) is 4.57. The number of sulfonamides is 1. The molecule has 0 aliphatic heterocycles. The van der Waals surface area contributed by atoms with E-state index >= 15 is 0 Å². The third-order valence-electron chi connectivity index (χ3n) is 2.91. The summed E-state index contributed by atoms with van der Waals surface area (Å²) in [7, 11) is -3.28. The molecule has 1 aromatic heterocycles. The summed E-state index contributed by atoms with van der Waals surface area (Å²) < 4.78 is 24.9. The number of nitrogens with zero attached hydrogens (tertiary/aromatic N) is 1. The van der Waals surface area contributed by atoms with E-state index in [0.717, 1.165) is 28.4 Å². The van der Waals surface area contributed by atoms with Crippen LogP contribution in [0.1, 0.15) is 0 Å². The third-order valence-corrected chi connectivity index (χ3v) is 3.52. The first-order chi connectivity index (χ1) is 9.53. The maximum Gasteiger partial charge on any atom is 0.229 e. The first kappa shape index (κ1) is 12.7. The van der Waals surface area contributed by atoms with Crippen molar-refractivity contribution in [2.45, 2.75) is 0 Å². The van der Waals surface area contributed by atoms with E-state index in [4.69, 9.17) is 0 Å². The SMILES string of the molecule is CS(=O)(=O)Nc1ccc2c(-c3ccccc3)n[nH]c2c1. The van der Waals surface area contributed by atoms with Gasteiger partial charge in [-0.1, -0.05) is 30.3 Å². The summed E-state index contributed by atoms with van der Waals surface area (Å²) in [5.74, 6) is 0. The Morgan fingerprint density at radius 2 is 1.85 bits per heavy atom. The van der Waals surface area contributed by atoms with E-state index in [1.807, 2.05) is 36.4 Å². The lowest BCUT2D eigenvalue weighted by atomic mass is 10.1. The topological polar surface area (TPSA) is 74.8 Å². The highest BCUT2D eigenvalue weighted by atomic mass is 32.2. The molecule has 5 nitrogen and oxygen atoms in total. The van der Waals surface area contributed by atoms with Crippen LogP contribution >= 0.6 is 0 Å². The molecule has 2 aromatic carbocycles. The molecule has 0 fully saturated rings. The molecule has 0 amide bonds. The summed E-state index contributed by atoms with van der Waals surface area (Å²) in [5, 5.41) is 8.18. The van der Waals surface area contributed by atoms with Crippen molar-refractivity contribution in [3.05, 3.63) is 48.5 Å². The average Bonchev–Trinajstić information content (AvgIpc) is 2.81. The Morgan fingerprint density at radius 3 is 2.55 bits per heavy atom. The number of nitrogens with one attached hydrogen (secondary N) is 2. The van der Waals surface area contributed by atoms with Gasteiger partial charge in [0.15, 0.2) is 0 Å². The van der Waals surface area contributed by atoms with Gasteiger partial charge in [0.2, 0.25) is 10.0 Å². The van der Waals surface area contributed by atoms with Crippen molar-refractivity contribution >= 4 is 26.6 Å². The van der Waals surface area contributed by atoms with Crippen molar-refractivity contribution in [3.63, 3.8) is 0 Å². The summed E-state index contributed by atoms with van der Waals surface area (Å²) in [5.41, 5.74) is 3.18.